The van der Waals surface area contributed by atoms with Crippen molar-refractivity contribution in [1.29, 1.82) is 0 Å². The van der Waals surface area contributed by atoms with E-state index in [0.717, 1.165) is 6.42 Å². The molecule has 1 atom stereocenters. The van der Waals surface area contributed by atoms with Gasteiger partial charge in [-0.3, -0.25) is 0 Å². The van der Waals surface area contributed by atoms with E-state index in [2.05, 4.69) is 35.1 Å². The summed E-state index contributed by atoms with van der Waals surface area (Å²) >= 11 is 2.98. The molecule has 0 amide bonds. The number of carboxylic acid groups (broad SMARTS) is 1. The molecule has 0 fully saturated rings. The maximum atomic E-state index is 14.0. The fraction of sp³-hybridized carbons (Fsp3) is 0.462. The lowest BCUT2D eigenvalue weighted by atomic mass is 10.0. The van der Waals surface area contributed by atoms with Crippen molar-refractivity contribution in [2.75, 3.05) is 5.32 Å². The lowest BCUT2D eigenvalue weighted by molar-refractivity contribution is 0.0695. The van der Waals surface area contributed by atoms with Gasteiger partial charge >= 0.3 is 5.97 Å². The van der Waals surface area contributed by atoms with Crippen molar-refractivity contribution >= 4 is 27.6 Å². The molecule has 0 aliphatic heterocycles. The molecule has 0 heterocycles. The van der Waals surface area contributed by atoms with E-state index in [1.165, 1.54) is 12.1 Å². The zero-order valence-corrected chi connectivity index (χ0v) is 12.2. The Morgan fingerprint density at radius 2 is 2.11 bits per heavy atom. The molecule has 1 unspecified atom stereocenters. The van der Waals surface area contributed by atoms with Crippen LogP contribution in [0.15, 0.2) is 16.6 Å². The summed E-state index contributed by atoms with van der Waals surface area (Å²) in [4.78, 5) is 10.9. The number of anilines is 1. The van der Waals surface area contributed by atoms with Crippen molar-refractivity contribution in [3.63, 3.8) is 0 Å². The summed E-state index contributed by atoms with van der Waals surface area (Å²) in [6.07, 6.45) is 0.870. The van der Waals surface area contributed by atoms with Crippen LogP contribution in [-0.4, -0.2) is 17.1 Å². The number of hydrogen-bond acceptors (Lipinski definition) is 2. The van der Waals surface area contributed by atoms with Crippen LogP contribution in [0.3, 0.4) is 0 Å². The van der Waals surface area contributed by atoms with Crippen molar-refractivity contribution in [3.8, 4) is 0 Å². The van der Waals surface area contributed by atoms with E-state index in [1.54, 1.807) is 0 Å². The number of nitrogens with one attached hydrogen (secondary N) is 1. The zero-order chi connectivity index (χ0) is 13.9. The molecule has 2 N–H and O–H groups in total. The molecular weight excluding hydrogens is 301 g/mol. The van der Waals surface area contributed by atoms with Crippen molar-refractivity contribution in [3.05, 3.63) is 28.0 Å². The van der Waals surface area contributed by atoms with Crippen molar-refractivity contribution in [1.82, 2.24) is 0 Å². The molecule has 0 spiro atoms. The Kier molecular flexibility index (Phi) is 5.14. The van der Waals surface area contributed by atoms with E-state index in [1.807, 2.05) is 6.92 Å². The number of carboxylic acids is 1. The highest BCUT2D eigenvalue weighted by Crippen LogP contribution is 2.28. The summed E-state index contributed by atoms with van der Waals surface area (Å²) in [6, 6.07) is 3.02. The molecule has 1 aromatic rings. The highest BCUT2D eigenvalue weighted by Gasteiger charge is 2.18. The summed E-state index contributed by atoms with van der Waals surface area (Å²) in [6.45, 7) is 6.13. The number of halogens is 2. The van der Waals surface area contributed by atoms with Gasteiger partial charge in [-0.05, 0) is 40.4 Å². The summed E-state index contributed by atoms with van der Waals surface area (Å²) in [5.74, 6) is -1.34. The second kappa shape index (κ2) is 6.18. The lowest BCUT2D eigenvalue weighted by Gasteiger charge is -2.22. The van der Waals surface area contributed by atoms with E-state index in [9.17, 15) is 9.18 Å². The highest BCUT2D eigenvalue weighted by atomic mass is 79.9. The van der Waals surface area contributed by atoms with Crippen LogP contribution < -0.4 is 5.32 Å². The monoisotopic (exact) mass is 317 g/mol. The topological polar surface area (TPSA) is 49.3 Å². The van der Waals surface area contributed by atoms with Gasteiger partial charge in [0, 0.05) is 6.04 Å². The molecule has 3 nitrogen and oxygen atoms in total. The SMILES string of the molecule is CCC(Nc1ccc(C(=O)O)c(Br)c1F)C(C)C. The Bertz CT molecular complexity index is 449. The third-order valence-corrected chi connectivity index (χ3v) is 3.67. The van der Waals surface area contributed by atoms with E-state index < -0.39 is 11.8 Å². The van der Waals surface area contributed by atoms with Crippen LogP contribution in [0.1, 0.15) is 37.6 Å². The van der Waals surface area contributed by atoms with Crippen LogP contribution in [0.5, 0.6) is 0 Å². The van der Waals surface area contributed by atoms with Crippen molar-refractivity contribution < 1.29 is 14.3 Å². The molecule has 1 rings (SSSR count). The Morgan fingerprint density at radius 3 is 2.56 bits per heavy atom. The van der Waals surface area contributed by atoms with Crippen molar-refractivity contribution in [2.45, 2.75) is 33.2 Å². The molecule has 100 valence electrons. The zero-order valence-electron chi connectivity index (χ0n) is 10.6. The van der Waals surface area contributed by atoms with Crippen LogP contribution in [-0.2, 0) is 0 Å². The molecule has 0 saturated heterocycles. The summed E-state index contributed by atoms with van der Waals surface area (Å²) < 4.78 is 14.0. The quantitative estimate of drug-likeness (QED) is 0.858. The number of benzene rings is 1. The number of aromatic carboxylic acids is 1. The fourth-order valence-electron chi connectivity index (χ4n) is 1.77. The fourth-order valence-corrected chi connectivity index (χ4v) is 2.28. The Labute approximate surface area is 115 Å². The predicted octanol–water partition coefficient (Wildman–Crippen LogP) is 4.13. The van der Waals surface area contributed by atoms with Crippen LogP contribution in [0, 0.1) is 11.7 Å². The minimum Gasteiger partial charge on any atom is -0.478 e. The predicted molar refractivity (Wildman–Crippen MR) is 73.6 cm³/mol. The maximum absolute atomic E-state index is 14.0. The molecule has 0 aliphatic carbocycles. The number of carbonyl (C=O) groups is 1. The van der Waals surface area contributed by atoms with Gasteiger partial charge in [0.15, 0.2) is 5.82 Å². The van der Waals surface area contributed by atoms with Gasteiger partial charge in [0.2, 0.25) is 0 Å². The standard InChI is InChI=1S/C13H17BrFNO2/c1-4-9(7(2)3)16-10-6-5-8(13(17)18)11(14)12(10)15/h5-7,9,16H,4H2,1-3H3,(H,17,18). The first-order chi connectivity index (χ1) is 8.38. The molecular formula is C13H17BrFNO2. The normalized spacial score (nSPS) is 12.6. The van der Waals surface area contributed by atoms with E-state index in [4.69, 9.17) is 5.11 Å². The second-order valence-electron chi connectivity index (χ2n) is 4.50. The van der Waals surface area contributed by atoms with Gasteiger partial charge in [0.25, 0.3) is 0 Å². The number of hydrogen-bond donors (Lipinski definition) is 2. The average molecular weight is 318 g/mol. The molecule has 0 saturated carbocycles. The third kappa shape index (κ3) is 3.22. The molecule has 0 aromatic heterocycles. The summed E-state index contributed by atoms with van der Waals surface area (Å²) in [7, 11) is 0. The van der Waals surface area contributed by atoms with Crippen LogP contribution in [0.2, 0.25) is 0 Å². The van der Waals surface area contributed by atoms with Gasteiger partial charge in [-0.2, -0.15) is 0 Å². The highest BCUT2D eigenvalue weighted by molar-refractivity contribution is 9.10. The van der Waals surface area contributed by atoms with E-state index in [0.29, 0.717) is 11.6 Å². The van der Waals surface area contributed by atoms with Crippen LogP contribution >= 0.6 is 15.9 Å². The Balaban J connectivity index is 3.05. The maximum Gasteiger partial charge on any atom is 0.336 e. The number of rotatable bonds is 5. The van der Waals surface area contributed by atoms with Gasteiger partial charge in [0.1, 0.15) is 0 Å². The van der Waals surface area contributed by atoms with Crippen LogP contribution in [0.25, 0.3) is 0 Å². The molecule has 18 heavy (non-hydrogen) atoms. The molecule has 0 aliphatic rings. The molecule has 0 radical (unpaired) electrons. The average Bonchev–Trinajstić information content (AvgIpc) is 2.30. The van der Waals surface area contributed by atoms with E-state index >= 15 is 0 Å². The van der Waals surface area contributed by atoms with Crippen LogP contribution in [0.4, 0.5) is 10.1 Å². The lowest BCUT2D eigenvalue weighted by Crippen LogP contribution is -2.25. The molecule has 0 bridgehead atoms. The Hall–Kier alpha value is -1.10. The van der Waals surface area contributed by atoms with E-state index in [-0.39, 0.29) is 16.1 Å². The van der Waals surface area contributed by atoms with Gasteiger partial charge in [-0.1, -0.05) is 20.8 Å². The largest absolute Gasteiger partial charge is 0.478 e. The smallest absolute Gasteiger partial charge is 0.336 e. The van der Waals surface area contributed by atoms with Gasteiger partial charge in [-0.25, -0.2) is 9.18 Å². The van der Waals surface area contributed by atoms with Gasteiger partial charge < -0.3 is 10.4 Å². The summed E-state index contributed by atoms with van der Waals surface area (Å²) in [5, 5.41) is 12.0. The van der Waals surface area contributed by atoms with Gasteiger partial charge in [-0.15, -0.1) is 0 Å². The molecule has 1 aromatic carbocycles. The minimum atomic E-state index is -1.15. The first kappa shape index (κ1) is 15.0. The summed E-state index contributed by atoms with van der Waals surface area (Å²) in [5.41, 5.74) is 0.253. The second-order valence-corrected chi connectivity index (χ2v) is 5.29. The molecule has 5 heteroatoms. The van der Waals surface area contributed by atoms with Gasteiger partial charge in [0.05, 0.1) is 15.7 Å². The van der Waals surface area contributed by atoms with Crippen molar-refractivity contribution in [2.24, 2.45) is 5.92 Å². The Morgan fingerprint density at radius 1 is 1.50 bits per heavy atom. The third-order valence-electron chi connectivity index (χ3n) is 2.90. The first-order valence-corrected chi connectivity index (χ1v) is 6.65. The first-order valence-electron chi connectivity index (χ1n) is 5.86. The minimum absolute atomic E-state index is 0.0152.